The van der Waals surface area contributed by atoms with Crippen molar-refractivity contribution in [2.45, 2.75) is 73.9 Å². The Morgan fingerprint density at radius 2 is 1.26 bits per heavy atom. The number of pyridine rings is 1. The SMILES string of the molecule is Cc1ccc(N(C(=O)c2cccc(-c3cc(C)c(C)c(C)c3)c2)C2CCN(Cc3cncc(-c4cc(C)c(C)c(C)c4)c3)CC2)cc1. The molecule has 47 heavy (non-hydrogen) atoms. The molecule has 0 unspecified atom stereocenters. The molecular weight excluding hydrogens is 574 g/mol. The molecule has 1 saturated heterocycles. The Kier molecular flexibility index (Phi) is 9.42. The third-order valence-electron chi connectivity index (χ3n) is 10.3. The average molecular weight is 622 g/mol. The van der Waals surface area contributed by atoms with Crippen molar-refractivity contribution in [1.29, 1.82) is 0 Å². The number of aromatic nitrogens is 1. The molecule has 1 aliphatic rings. The molecule has 4 nitrogen and oxygen atoms in total. The van der Waals surface area contributed by atoms with Crippen molar-refractivity contribution in [3.63, 3.8) is 0 Å². The van der Waals surface area contributed by atoms with Crippen molar-refractivity contribution in [1.82, 2.24) is 9.88 Å². The summed E-state index contributed by atoms with van der Waals surface area (Å²) in [5.41, 5.74) is 16.6. The number of likely N-dealkylation sites (tertiary alicyclic amines) is 1. The fourth-order valence-corrected chi connectivity index (χ4v) is 6.90. The number of carbonyl (C=O) groups is 1. The molecule has 0 N–H and O–H groups in total. The Hall–Kier alpha value is -4.54. The number of hydrogen-bond acceptors (Lipinski definition) is 3. The molecule has 6 rings (SSSR count). The van der Waals surface area contributed by atoms with Gasteiger partial charge in [0.1, 0.15) is 0 Å². The van der Waals surface area contributed by atoms with Crippen LogP contribution >= 0.6 is 0 Å². The van der Waals surface area contributed by atoms with Gasteiger partial charge in [-0.2, -0.15) is 0 Å². The first-order valence-electron chi connectivity index (χ1n) is 16.9. The second-order valence-electron chi connectivity index (χ2n) is 13.7. The molecule has 240 valence electrons. The van der Waals surface area contributed by atoms with Gasteiger partial charge >= 0.3 is 0 Å². The van der Waals surface area contributed by atoms with Gasteiger partial charge in [0.15, 0.2) is 0 Å². The summed E-state index contributed by atoms with van der Waals surface area (Å²) >= 11 is 0. The van der Waals surface area contributed by atoms with Crippen LogP contribution < -0.4 is 4.90 Å². The predicted octanol–water partition coefficient (Wildman–Crippen LogP) is 9.89. The smallest absolute Gasteiger partial charge is 0.258 e. The summed E-state index contributed by atoms with van der Waals surface area (Å²) in [4.78, 5) is 23.6. The van der Waals surface area contributed by atoms with Crippen LogP contribution in [0.2, 0.25) is 0 Å². The molecule has 4 heteroatoms. The van der Waals surface area contributed by atoms with Gasteiger partial charge in [-0.1, -0.05) is 54.1 Å². The van der Waals surface area contributed by atoms with Gasteiger partial charge in [-0.15, -0.1) is 0 Å². The molecule has 5 aromatic rings. The van der Waals surface area contributed by atoms with E-state index < -0.39 is 0 Å². The first kappa shape index (κ1) is 32.4. The predicted molar refractivity (Wildman–Crippen MR) is 196 cm³/mol. The largest absolute Gasteiger partial charge is 0.305 e. The Morgan fingerprint density at radius 3 is 1.85 bits per heavy atom. The van der Waals surface area contributed by atoms with E-state index in [1.807, 2.05) is 24.5 Å². The van der Waals surface area contributed by atoms with Gasteiger partial charge in [0, 0.05) is 54.9 Å². The van der Waals surface area contributed by atoms with E-state index >= 15 is 0 Å². The van der Waals surface area contributed by atoms with Crippen LogP contribution in [0.25, 0.3) is 22.3 Å². The van der Waals surface area contributed by atoms with Crippen LogP contribution in [0.1, 0.15) is 67.7 Å². The average Bonchev–Trinajstić information content (AvgIpc) is 3.07. The van der Waals surface area contributed by atoms with Crippen molar-refractivity contribution < 1.29 is 4.79 Å². The number of piperidine rings is 1. The maximum absolute atomic E-state index is 14.4. The van der Waals surface area contributed by atoms with Crippen molar-refractivity contribution >= 4 is 11.6 Å². The first-order valence-corrected chi connectivity index (χ1v) is 16.9. The quantitative estimate of drug-likeness (QED) is 0.182. The summed E-state index contributed by atoms with van der Waals surface area (Å²) in [6.07, 6.45) is 5.80. The Bertz CT molecular complexity index is 1870. The lowest BCUT2D eigenvalue weighted by molar-refractivity contribution is 0.0958. The Labute approximate surface area is 281 Å². The molecule has 1 aliphatic heterocycles. The van der Waals surface area contributed by atoms with Crippen LogP contribution in [-0.4, -0.2) is 34.9 Å². The van der Waals surface area contributed by atoms with Crippen LogP contribution in [0.15, 0.2) is 91.3 Å². The molecule has 0 atom stereocenters. The van der Waals surface area contributed by atoms with Crippen LogP contribution in [-0.2, 0) is 6.54 Å². The van der Waals surface area contributed by atoms with E-state index in [2.05, 4.69) is 130 Å². The van der Waals surface area contributed by atoms with E-state index in [4.69, 9.17) is 0 Å². The molecule has 1 amide bonds. The highest BCUT2D eigenvalue weighted by Gasteiger charge is 2.30. The number of hydrogen-bond donors (Lipinski definition) is 0. The summed E-state index contributed by atoms with van der Waals surface area (Å²) in [5.74, 6) is 0.0651. The maximum atomic E-state index is 14.4. The standard InChI is InChI=1S/C43H47N3O/c1-28-11-13-41(14-12-28)46(43(47)37-10-8-9-36(24-37)38-19-29(2)33(6)30(3)20-38)42-15-17-45(18-16-42)27-35-23-40(26-44-25-35)39-21-31(4)34(7)32(5)22-39/h8-14,19-26,42H,15-18,27H2,1-7H3. The van der Waals surface area contributed by atoms with Crippen molar-refractivity contribution in [2.75, 3.05) is 18.0 Å². The summed E-state index contributed by atoms with van der Waals surface area (Å²) in [7, 11) is 0. The van der Waals surface area contributed by atoms with Crippen molar-refractivity contribution in [2.24, 2.45) is 0 Å². The zero-order valence-electron chi connectivity index (χ0n) is 29.0. The van der Waals surface area contributed by atoms with Crippen LogP contribution in [0.4, 0.5) is 5.69 Å². The number of aryl methyl sites for hydroxylation is 5. The number of benzene rings is 4. The highest BCUT2D eigenvalue weighted by atomic mass is 16.2. The van der Waals surface area contributed by atoms with E-state index in [0.29, 0.717) is 0 Å². The summed E-state index contributed by atoms with van der Waals surface area (Å²) in [6.45, 7) is 17.8. The zero-order chi connectivity index (χ0) is 33.2. The van der Waals surface area contributed by atoms with Crippen molar-refractivity contribution in [3.8, 4) is 22.3 Å². The highest BCUT2D eigenvalue weighted by Crippen LogP contribution is 2.31. The van der Waals surface area contributed by atoms with Gasteiger partial charge in [0.25, 0.3) is 5.91 Å². The number of anilines is 1. The second kappa shape index (κ2) is 13.7. The second-order valence-corrected chi connectivity index (χ2v) is 13.7. The molecule has 0 bridgehead atoms. The Morgan fingerprint density at radius 1 is 0.681 bits per heavy atom. The van der Waals surface area contributed by atoms with Gasteiger partial charge in [0.05, 0.1) is 0 Å². The van der Waals surface area contributed by atoms with Gasteiger partial charge in [0.2, 0.25) is 0 Å². The minimum atomic E-state index is 0.0651. The number of nitrogens with zero attached hydrogens (tertiary/aromatic N) is 3. The number of amides is 1. The minimum Gasteiger partial charge on any atom is -0.305 e. The summed E-state index contributed by atoms with van der Waals surface area (Å²) in [5, 5.41) is 0. The molecule has 1 aromatic heterocycles. The normalized spacial score (nSPS) is 13.9. The lowest BCUT2D eigenvalue weighted by Gasteiger charge is -2.39. The van der Waals surface area contributed by atoms with Crippen LogP contribution in [0.5, 0.6) is 0 Å². The van der Waals surface area contributed by atoms with E-state index in [-0.39, 0.29) is 11.9 Å². The first-order chi connectivity index (χ1) is 22.6. The molecule has 0 saturated carbocycles. The molecule has 2 heterocycles. The van der Waals surface area contributed by atoms with E-state index in [1.54, 1.807) is 0 Å². The number of carbonyl (C=O) groups excluding carboxylic acids is 1. The zero-order valence-corrected chi connectivity index (χ0v) is 29.0. The van der Waals surface area contributed by atoms with E-state index in [0.717, 1.165) is 60.4 Å². The van der Waals surface area contributed by atoms with Crippen LogP contribution in [0.3, 0.4) is 0 Å². The fourth-order valence-electron chi connectivity index (χ4n) is 6.90. The maximum Gasteiger partial charge on any atom is 0.258 e. The van der Waals surface area contributed by atoms with Gasteiger partial charge in [-0.3, -0.25) is 14.7 Å². The summed E-state index contributed by atoms with van der Waals surface area (Å²) in [6, 6.07) is 28.0. The number of rotatable bonds is 7. The monoisotopic (exact) mass is 621 g/mol. The molecular formula is C43H47N3O. The lowest BCUT2D eigenvalue weighted by atomic mass is 9.95. The summed E-state index contributed by atoms with van der Waals surface area (Å²) < 4.78 is 0. The molecule has 0 radical (unpaired) electrons. The molecule has 4 aromatic carbocycles. The molecule has 0 aliphatic carbocycles. The molecule has 0 spiro atoms. The minimum absolute atomic E-state index is 0.0651. The topological polar surface area (TPSA) is 36.4 Å². The van der Waals surface area contributed by atoms with E-state index in [9.17, 15) is 4.79 Å². The van der Waals surface area contributed by atoms with Crippen LogP contribution in [0, 0.1) is 48.5 Å². The lowest BCUT2D eigenvalue weighted by Crippen LogP contribution is -2.47. The fraction of sp³-hybridized carbons (Fsp3) is 0.302. The Balaban J connectivity index is 1.21. The van der Waals surface area contributed by atoms with Crippen molar-refractivity contribution in [3.05, 3.63) is 141 Å². The van der Waals surface area contributed by atoms with Gasteiger partial charge in [-0.05, 0) is 147 Å². The third kappa shape index (κ3) is 7.08. The van der Waals surface area contributed by atoms with Gasteiger partial charge in [-0.25, -0.2) is 0 Å². The third-order valence-corrected chi connectivity index (χ3v) is 10.3. The molecule has 1 fully saturated rings. The van der Waals surface area contributed by atoms with Gasteiger partial charge < -0.3 is 4.90 Å². The highest BCUT2D eigenvalue weighted by molar-refractivity contribution is 6.07. The van der Waals surface area contributed by atoms with E-state index in [1.165, 1.54) is 50.1 Å².